The van der Waals surface area contributed by atoms with Crippen LogP contribution in [0.5, 0.6) is 0 Å². The molecule has 0 amide bonds. The van der Waals surface area contributed by atoms with Crippen molar-refractivity contribution >= 4 is 11.3 Å². The van der Waals surface area contributed by atoms with Gasteiger partial charge in [0.15, 0.2) is 0 Å². The highest BCUT2D eigenvalue weighted by Crippen LogP contribution is 2.31. The van der Waals surface area contributed by atoms with Gasteiger partial charge in [-0.1, -0.05) is 32.9 Å². The minimum absolute atomic E-state index is 0.0171. The zero-order valence-corrected chi connectivity index (χ0v) is 11.4. The zero-order valence-electron chi connectivity index (χ0n) is 10.5. The Labute approximate surface area is 105 Å². The van der Waals surface area contributed by atoms with Crippen LogP contribution in [-0.2, 0) is 5.41 Å². The lowest BCUT2D eigenvalue weighted by molar-refractivity contribution is 0.585. The molecule has 0 bridgehead atoms. The highest BCUT2D eigenvalue weighted by molar-refractivity contribution is 7.10. The average molecular weight is 249 g/mol. The van der Waals surface area contributed by atoms with Gasteiger partial charge < -0.3 is 0 Å². The minimum atomic E-state index is -0.168. The molecule has 0 aliphatic rings. The van der Waals surface area contributed by atoms with Gasteiger partial charge in [0.25, 0.3) is 0 Å². The van der Waals surface area contributed by atoms with Crippen LogP contribution >= 0.6 is 11.3 Å². The Morgan fingerprint density at radius 2 is 1.94 bits per heavy atom. The van der Waals surface area contributed by atoms with Crippen molar-refractivity contribution in [3.8, 4) is 11.3 Å². The molecule has 0 fully saturated rings. The van der Waals surface area contributed by atoms with Crippen LogP contribution in [0.1, 0.15) is 31.3 Å². The third kappa shape index (κ3) is 2.39. The van der Waals surface area contributed by atoms with E-state index in [2.05, 4.69) is 25.8 Å². The van der Waals surface area contributed by atoms with Crippen molar-refractivity contribution in [2.75, 3.05) is 0 Å². The van der Waals surface area contributed by atoms with Gasteiger partial charge in [-0.3, -0.25) is 0 Å². The number of rotatable bonds is 1. The number of hydrogen-bond acceptors (Lipinski definition) is 2. The van der Waals surface area contributed by atoms with Gasteiger partial charge in [-0.15, -0.1) is 11.3 Å². The Balaban J connectivity index is 2.48. The molecule has 0 aliphatic carbocycles. The number of halogens is 1. The third-order valence-electron chi connectivity index (χ3n) is 2.61. The van der Waals surface area contributed by atoms with E-state index in [0.29, 0.717) is 11.1 Å². The van der Waals surface area contributed by atoms with Crippen molar-refractivity contribution < 1.29 is 4.39 Å². The lowest BCUT2D eigenvalue weighted by Gasteiger charge is -2.13. The monoisotopic (exact) mass is 249 g/mol. The first-order valence-corrected chi connectivity index (χ1v) is 6.49. The Bertz CT molecular complexity index is 537. The van der Waals surface area contributed by atoms with E-state index in [-0.39, 0.29) is 11.2 Å². The van der Waals surface area contributed by atoms with Gasteiger partial charge in [0.2, 0.25) is 0 Å². The first-order valence-electron chi connectivity index (χ1n) is 5.61. The Morgan fingerprint density at radius 3 is 2.53 bits per heavy atom. The molecule has 2 aromatic rings. The van der Waals surface area contributed by atoms with Crippen molar-refractivity contribution in [3.05, 3.63) is 40.0 Å². The molecule has 0 aliphatic heterocycles. The zero-order chi connectivity index (χ0) is 12.6. The topological polar surface area (TPSA) is 12.9 Å². The molecular weight excluding hydrogens is 233 g/mol. The summed E-state index contributed by atoms with van der Waals surface area (Å²) in [6, 6.07) is 5.42. The average Bonchev–Trinajstić information content (AvgIpc) is 2.70. The maximum absolute atomic E-state index is 14.0. The summed E-state index contributed by atoms with van der Waals surface area (Å²) in [7, 11) is 0. The fraction of sp³-hybridized carbons (Fsp3) is 0.357. The summed E-state index contributed by atoms with van der Waals surface area (Å²) < 4.78 is 14.0. The Morgan fingerprint density at radius 1 is 1.24 bits per heavy atom. The van der Waals surface area contributed by atoms with Gasteiger partial charge in [-0.2, -0.15) is 0 Å². The summed E-state index contributed by atoms with van der Waals surface area (Å²) in [6.45, 7) is 8.11. The Hall–Kier alpha value is -1.22. The van der Waals surface area contributed by atoms with Crippen LogP contribution in [-0.4, -0.2) is 4.98 Å². The first-order chi connectivity index (χ1) is 7.89. The van der Waals surface area contributed by atoms with Gasteiger partial charge in [-0.05, 0) is 18.6 Å². The minimum Gasteiger partial charge on any atom is -0.241 e. The fourth-order valence-corrected chi connectivity index (χ4v) is 2.49. The molecule has 1 nitrogen and oxygen atoms in total. The lowest BCUT2D eigenvalue weighted by atomic mass is 9.98. The first kappa shape index (κ1) is 12.2. The van der Waals surface area contributed by atoms with E-state index in [4.69, 9.17) is 0 Å². The fourth-order valence-electron chi connectivity index (χ4n) is 1.59. The molecule has 3 heteroatoms. The second-order valence-electron chi connectivity index (χ2n) is 5.22. The molecule has 0 saturated carbocycles. The number of hydrogen-bond donors (Lipinski definition) is 0. The molecule has 1 aromatic heterocycles. The molecule has 0 atom stereocenters. The van der Waals surface area contributed by atoms with Crippen molar-refractivity contribution in [1.82, 2.24) is 4.98 Å². The standard InChI is InChI=1S/C14H16FNS/c1-9-6-5-7-10(12(9)15)11-8-17-13(16-11)14(2,3)4/h5-8H,1-4H3. The molecule has 90 valence electrons. The van der Waals surface area contributed by atoms with E-state index in [1.165, 1.54) is 0 Å². The maximum Gasteiger partial charge on any atom is 0.135 e. The normalized spacial score (nSPS) is 11.8. The SMILES string of the molecule is Cc1cccc(-c2csc(C(C)(C)C)n2)c1F. The third-order valence-corrected chi connectivity index (χ3v) is 3.88. The Kier molecular flexibility index (Phi) is 3.04. The van der Waals surface area contributed by atoms with E-state index in [9.17, 15) is 4.39 Å². The number of benzene rings is 1. The van der Waals surface area contributed by atoms with Crippen molar-refractivity contribution in [2.45, 2.75) is 33.1 Å². The van der Waals surface area contributed by atoms with Gasteiger partial charge in [-0.25, -0.2) is 9.37 Å². The summed E-state index contributed by atoms with van der Waals surface area (Å²) in [5.74, 6) is -0.168. The molecule has 0 saturated heterocycles. The number of thiazole rings is 1. The molecular formula is C14H16FNS. The lowest BCUT2D eigenvalue weighted by Crippen LogP contribution is -2.10. The number of aryl methyl sites for hydroxylation is 1. The molecule has 2 rings (SSSR count). The number of nitrogens with zero attached hydrogens (tertiary/aromatic N) is 1. The van der Waals surface area contributed by atoms with Crippen molar-refractivity contribution in [3.63, 3.8) is 0 Å². The van der Waals surface area contributed by atoms with Crippen LogP contribution in [0, 0.1) is 12.7 Å². The molecule has 0 spiro atoms. The largest absolute Gasteiger partial charge is 0.241 e. The van der Waals surface area contributed by atoms with Crippen LogP contribution in [0.15, 0.2) is 23.6 Å². The van der Waals surface area contributed by atoms with E-state index < -0.39 is 0 Å². The van der Waals surface area contributed by atoms with Crippen LogP contribution in [0.4, 0.5) is 4.39 Å². The summed E-state index contributed by atoms with van der Waals surface area (Å²) >= 11 is 1.59. The highest BCUT2D eigenvalue weighted by Gasteiger charge is 2.19. The van der Waals surface area contributed by atoms with Crippen LogP contribution in [0.2, 0.25) is 0 Å². The maximum atomic E-state index is 14.0. The summed E-state index contributed by atoms with van der Waals surface area (Å²) in [5.41, 5.74) is 2.01. The van der Waals surface area contributed by atoms with Gasteiger partial charge in [0.05, 0.1) is 10.7 Å². The molecule has 0 N–H and O–H groups in total. The summed E-state index contributed by atoms with van der Waals surface area (Å²) in [4.78, 5) is 4.53. The van der Waals surface area contributed by atoms with Crippen LogP contribution in [0.25, 0.3) is 11.3 Å². The molecule has 1 aromatic carbocycles. The molecule has 1 heterocycles. The second kappa shape index (κ2) is 4.22. The summed E-state index contributed by atoms with van der Waals surface area (Å²) in [5, 5.41) is 2.96. The van der Waals surface area contributed by atoms with E-state index in [1.807, 2.05) is 11.4 Å². The van der Waals surface area contributed by atoms with Gasteiger partial charge in [0, 0.05) is 16.4 Å². The second-order valence-corrected chi connectivity index (χ2v) is 6.08. The summed E-state index contributed by atoms with van der Waals surface area (Å²) in [6.07, 6.45) is 0. The predicted molar refractivity (Wildman–Crippen MR) is 70.9 cm³/mol. The smallest absolute Gasteiger partial charge is 0.135 e. The predicted octanol–water partition coefficient (Wildman–Crippen LogP) is 4.56. The van der Waals surface area contributed by atoms with Crippen LogP contribution in [0.3, 0.4) is 0 Å². The number of aromatic nitrogens is 1. The van der Waals surface area contributed by atoms with E-state index >= 15 is 0 Å². The van der Waals surface area contributed by atoms with Crippen LogP contribution < -0.4 is 0 Å². The van der Waals surface area contributed by atoms with Gasteiger partial charge >= 0.3 is 0 Å². The van der Waals surface area contributed by atoms with E-state index in [1.54, 1.807) is 30.4 Å². The van der Waals surface area contributed by atoms with Crippen molar-refractivity contribution in [1.29, 1.82) is 0 Å². The van der Waals surface area contributed by atoms with Crippen molar-refractivity contribution in [2.24, 2.45) is 0 Å². The van der Waals surface area contributed by atoms with Gasteiger partial charge in [0.1, 0.15) is 5.82 Å². The molecule has 0 unspecified atom stereocenters. The van der Waals surface area contributed by atoms with E-state index in [0.717, 1.165) is 10.7 Å². The molecule has 0 radical (unpaired) electrons. The highest BCUT2D eigenvalue weighted by atomic mass is 32.1. The molecule has 17 heavy (non-hydrogen) atoms. The quantitative estimate of drug-likeness (QED) is 0.722.